The molecule has 2 fully saturated rings. The van der Waals surface area contributed by atoms with Crippen LogP contribution in [0.5, 0.6) is 0 Å². The Bertz CT molecular complexity index is 269. The van der Waals surface area contributed by atoms with Crippen LogP contribution in [-0.2, 0) is 14.3 Å². The lowest BCUT2D eigenvalue weighted by atomic mass is 9.57. The predicted octanol–water partition coefficient (Wildman–Crippen LogP) is 3.11. The molecule has 0 aromatic heterocycles. The minimum Gasteiger partial charge on any atom is -0.379 e. The van der Waals surface area contributed by atoms with E-state index < -0.39 is 0 Å². The minimum absolute atomic E-state index is 0.0956. The summed E-state index contributed by atoms with van der Waals surface area (Å²) in [5.74, 6) is 0.444. The van der Waals surface area contributed by atoms with Crippen molar-refractivity contribution in [3.63, 3.8) is 0 Å². The van der Waals surface area contributed by atoms with E-state index in [1.54, 1.807) is 0 Å². The zero-order chi connectivity index (χ0) is 12.8. The van der Waals surface area contributed by atoms with Crippen molar-refractivity contribution in [2.75, 3.05) is 19.8 Å². The molecular formula is C15H26O3. The third-order valence-electron chi connectivity index (χ3n) is 4.48. The monoisotopic (exact) mass is 254 g/mol. The highest BCUT2D eigenvalue weighted by Crippen LogP contribution is 2.50. The Morgan fingerprint density at radius 3 is 2.61 bits per heavy atom. The average molecular weight is 254 g/mol. The van der Waals surface area contributed by atoms with Crippen molar-refractivity contribution in [3.05, 3.63) is 0 Å². The Balaban J connectivity index is 1.65. The van der Waals surface area contributed by atoms with Gasteiger partial charge in [-0.1, -0.05) is 32.6 Å². The average Bonchev–Trinajstić information content (AvgIpc) is 2.42. The SMILES string of the molecule is CCCCOCCOC1CC(=O)C12CCCCC2. The van der Waals surface area contributed by atoms with E-state index >= 15 is 0 Å². The van der Waals surface area contributed by atoms with Crippen LogP contribution in [-0.4, -0.2) is 31.7 Å². The molecule has 0 aromatic carbocycles. The van der Waals surface area contributed by atoms with Crippen LogP contribution in [0, 0.1) is 5.41 Å². The van der Waals surface area contributed by atoms with Crippen molar-refractivity contribution in [3.8, 4) is 0 Å². The van der Waals surface area contributed by atoms with Gasteiger partial charge in [0, 0.05) is 13.0 Å². The fourth-order valence-electron chi connectivity index (χ4n) is 3.22. The Hall–Kier alpha value is -0.410. The summed E-state index contributed by atoms with van der Waals surface area (Å²) in [4.78, 5) is 11.9. The lowest BCUT2D eigenvalue weighted by Crippen LogP contribution is -2.56. The highest BCUT2D eigenvalue weighted by atomic mass is 16.5. The molecule has 0 amide bonds. The first-order chi connectivity index (χ1) is 8.79. The standard InChI is InChI=1S/C15H26O3/c1-2-3-9-17-10-11-18-14-12-13(16)15(14)7-5-4-6-8-15/h14H,2-12H2,1H3. The molecule has 1 atom stereocenters. The van der Waals surface area contributed by atoms with E-state index in [0.717, 1.165) is 25.9 Å². The fourth-order valence-corrected chi connectivity index (χ4v) is 3.22. The summed E-state index contributed by atoms with van der Waals surface area (Å²) in [7, 11) is 0. The van der Waals surface area contributed by atoms with Gasteiger partial charge >= 0.3 is 0 Å². The van der Waals surface area contributed by atoms with Crippen LogP contribution in [0.4, 0.5) is 0 Å². The van der Waals surface area contributed by atoms with Gasteiger partial charge in [0.05, 0.1) is 24.7 Å². The van der Waals surface area contributed by atoms with E-state index in [9.17, 15) is 4.79 Å². The number of Topliss-reactive ketones (excluding diaryl/α,β-unsaturated/α-hetero) is 1. The van der Waals surface area contributed by atoms with Crippen molar-refractivity contribution in [1.82, 2.24) is 0 Å². The second-order valence-corrected chi connectivity index (χ2v) is 5.67. The maximum atomic E-state index is 11.9. The van der Waals surface area contributed by atoms with Crippen LogP contribution in [0.1, 0.15) is 58.3 Å². The van der Waals surface area contributed by atoms with E-state index in [1.807, 2.05) is 0 Å². The van der Waals surface area contributed by atoms with Gasteiger partial charge in [-0.05, 0) is 19.3 Å². The fraction of sp³-hybridized carbons (Fsp3) is 0.933. The molecule has 0 bridgehead atoms. The van der Waals surface area contributed by atoms with Crippen LogP contribution in [0.2, 0.25) is 0 Å². The summed E-state index contributed by atoms with van der Waals surface area (Å²) >= 11 is 0. The molecule has 0 saturated heterocycles. The molecule has 3 nitrogen and oxygen atoms in total. The number of hydrogen-bond acceptors (Lipinski definition) is 3. The molecule has 18 heavy (non-hydrogen) atoms. The van der Waals surface area contributed by atoms with E-state index in [2.05, 4.69) is 6.92 Å². The lowest BCUT2D eigenvalue weighted by Gasteiger charge is -2.49. The largest absolute Gasteiger partial charge is 0.379 e. The van der Waals surface area contributed by atoms with E-state index in [-0.39, 0.29) is 11.5 Å². The summed E-state index contributed by atoms with van der Waals surface area (Å²) < 4.78 is 11.4. The van der Waals surface area contributed by atoms with Gasteiger partial charge in [-0.15, -0.1) is 0 Å². The van der Waals surface area contributed by atoms with Crippen LogP contribution < -0.4 is 0 Å². The molecule has 0 aromatic rings. The van der Waals surface area contributed by atoms with Crippen molar-refractivity contribution in [2.45, 2.75) is 64.4 Å². The molecule has 0 heterocycles. The summed E-state index contributed by atoms with van der Waals surface area (Å²) in [6.07, 6.45) is 8.86. The summed E-state index contributed by atoms with van der Waals surface area (Å²) in [5.41, 5.74) is -0.0956. The predicted molar refractivity (Wildman–Crippen MR) is 70.6 cm³/mol. The number of carbonyl (C=O) groups is 1. The van der Waals surface area contributed by atoms with Gasteiger partial charge < -0.3 is 9.47 Å². The Morgan fingerprint density at radius 2 is 1.94 bits per heavy atom. The number of rotatable bonds is 7. The van der Waals surface area contributed by atoms with Gasteiger partial charge in [-0.3, -0.25) is 4.79 Å². The highest BCUT2D eigenvalue weighted by Gasteiger charge is 2.55. The van der Waals surface area contributed by atoms with E-state index in [1.165, 1.54) is 25.7 Å². The van der Waals surface area contributed by atoms with Crippen LogP contribution in [0.3, 0.4) is 0 Å². The topological polar surface area (TPSA) is 35.5 Å². The van der Waals surface area contributed by atoms with Crippen molar-refractivity contribution in [1.29, 1.82) is 0 Å². The number of hydrogen-bond donors (Lipinski definition) is 0. The number of ketones is 1. The molecule has 0 N–H and O–H groups in total. The van der Waals surface area contributed by atoms with Gasteiger partial charge in [-0.25, -0.2) is 0 Å². The zero-order valence-corrected chi connectivity index (χ0v) is 11.6. The smallest absolute Gasteiger partial charge is 0.144 e. The molecule has 3 heteroatoms. The zero-order valence-electron chi connectivity index (χ0n) is 11.6. The lowest BCUT2D eigenvalue weighted by molar-refractivity contribution is -0.171. The van der Waals surface area contributed by atoms with Gasteiger partial charge in [0.1, 0.15) is 5.78 Å². The number of carbonyl (C=O) groups excluding carboxylic acids is 1. The quantitative estimate of drug-likeness (QED) is 0.655. The molecule has 1 unspecified atom stereocenters. The maximum absolute atomic E-state index is 11.9. The van der Waals surface area contributed by atoms with Crippen molar-refractivity contribution < 1.29 is 14.3 Å². The first kappa shape index (κ1) is 14.0. The van der Waals surface area contributed by atoms with Gasteiger partial charge in [-0.2, -0.15) is 0 Å². The van der Waals surface area contributed by atoms with Crippen LogP contribution in [0.15, 0.2) is 0 Å². The van der Waals surface area contributed by atoms with Gasteiger partial charge in [0.2, 0.25) is 0 Å². The van der Waals surface area contributed by atoms with Gasteiger partial charge in [0.25, 0.3) is 0 Å². The summed E-state index contributed by atoms with van der Waals surface area (Å²) in [6.45, 7) is 4.30. The first-order valence-electron chi connectivity index (χ1n) is 7.52. The van der Waals surface area contributed by atoms with Crippen molar-refractivity contribution in [2.24, 2.45) is 5.41 Å². The van der Waals surface area contributed by atoms with Gasteiger partial charge in [0.15, 0.2) is 0 Å². The molecule has 2 saturated carbocycles. The second-order valence-electron chi connectivity index (χ2n) is 5.67. The van der Waals surface area contributed by atoms with E-state index in [0.29, 0.717) is 25.4 Å². The third-order valence-corrected chi connectivity index (χ3v) is 4.48. The van der Waals surface area contributed by atoms with Crippen molar-refractivity contribution >= 4 is 5.78 Å². The Kier molecular flexibility index (Phi) is 5.19. The summed E-state index contributed by atoms with van der Waals surface area (Å²) in [5, 5.41) is 0. The molecule has 0 aliphatic heterocycles. The van der Waals surface area contributed by atoms with Crippen LogP contribution >= 0.6 is 0 Å². The summed E-state index contributed by atoms with van der Waals surface area (Å²) in [6, 6.07) is 0. The first-order valence-corrected chi connectivity index (χ1v) is 7.52. The molecule has 2 rings (SSSR count). The highest BCUT2D eigenvalue weighted by molar-refractivity contribution is 5.92. The molecule has 2 aliphatic rings. The maximum Gasteiger partial charge on any atom is 0.144 e. The normalized spacial score (nSPS) is 26.3. The molecule has 104 valence electrons. The second kappa shape index (κ2) is 6.67. The minimum atomic E-state index is -0.0956. The molecule has 1 spiro atoms. The number of ether oxygens (including phenoxy) is 2. The van der Waals surface area contributed by atoms with Crippen LogP contribution in [0.25, 0.3) is 0 Å². The third kappa shape index (κ3) is 2.94. The Labute approximate surface area is 110 Å². The number of unbranched alkanes of at least 4 members (excludes halogenated alkanes) is 1. The van der Waals surface area contributed by atoms with E-state index in [4.69, 9.17) is 9.47 Å². The molecular weight excluding hydrogens is 228 g/mol. The molecule has 0 radical (unpaired) electrons. The molecule has 2 aliphatic carbocycles. The Morgan fingerprint density at radius 1 is 1.17 bits per heavy atom.